The number of hydrogen-bond acceptors (Lipinski definition) is 4. The van der Waals surface area contributed by atoms with Crippen LogP contribution in [0.2, 0.25) is 0 Å². The molecule has 2 heterocycles. The van der Waals surface area contributed by atoms with Gasteiger partial charge in [-0.05, 0) is 31.0 Å². The number of carbonyl (C=O) groups excluding carboxylic acids is 1. The molecule has 3 aromatic rings. The smallest absolute Gasteiger partial charge is 0.271 e. The molecule has 0 aliphatic rings. The predicted molar refractivity (Wildman–Crippen MR) is 100 cm³/mol. The molecule has 0 saturated heterocycles. The summed E-state index contributed by atoms with van der Waals surface area (Å²) in [5.41, 5.74) is 2.06. The predicted octanol–water partition coefficient (Wildman–Crippen LogP) is 2.28. The summed E-state index contributed by atoms with van der Waals surface area (Å²) in [6.07, 6.45) is 3.33. The third-order valence-electron chi connectivity index (χ3n) is 4.14. The molecule has 0 atom stereocenters. The molecule has 26 heavy (non-hydrogen) atoms. The van der Waals surface area contributed by atoms with E-state index in [1.54, 1.807) is 0 Å². The summed E-state index contributed by atoms with van der Waals surface area (Å²) in [4.78, 5) is 31.8. The van der Waals surface area contributed by atoms with E-state index in [4.69, 9.17) is 0 Å². The van der Waals surface area contributed by atoms with E-state index in [0.29, 0.717) is 13.1 Å². The molecule has 0 radical (unpaired) electrons. The Bertz CT molecular complexity index is 911. The molecule has 2 N–H and O–H groups in total. The van der Waals surface area contributed by atoms with Crippen molar-refractivity contribution in [2.24, 2.45) is 0 Å². The highest BCUT2D eigenvalue weighted by Crippen LogP contribution is 2.11. The molecule has 2 aromatic heterocycles. The van der Waals surface area contributed by atoms with Crippen molar-refractivity contribution in [3.63, 3.8) is 0 Å². The van der Waals surface area contributed by atoms with Gasteiger partial charge in [0.05, 0.1) is 11.0 Å². The average molecular weight is 353 g/mol. The number of rotatable bonds is 8. The first-order chi connectivity index (χ1) is 12.7. The second-order valence-electron chi connectivity index (χ2n) is 6.19. The van der Waals surface area contributed by atoms with Crippen LogP contribution in [0.1, 0.15) is 42.5 Å². The maximum atomic E-state index is 12.2. The van der Waals surface area contributed by atoms with Gasteiger partial charge in [0.2, 0.25) is 0 Å². The summed E-state index contributed by atoms with van der Waals surface area (Å²) in [5.74, 6) is 0.645. The van der Waals surface area contributed by atoms with Crippen molar-refractivity contribution in [3.8, 4) is 0 Å². The van der Waals surface area contributed by atoms with Crippen LogP contribution >= 0.6 is 0 Å². The van der Waals surface area contributed by atoms with Gasteiger partial charge in [-0.2, -0.15) is 5.10 Å². The van der Waals surface area contributed by atoms with Crippen molar-refractivity contribution in [3.05, 3.63) is 58.3 Å². The number of carbonyl (C=O) groups is 1. The summed E-state index contributed by atoms with van der Waals surface area (Å²) in [5, 5.41) is 7.00. The summed E-state index contributed by atoms with van der Waals surface area (Å²) in [6, 6.07) is 10.8. The topological polar surface area (TPSA) is 92.7 Å². The number of unbranched alkanes of at least 4 members (excludes halogenated alkanes) is 1. The summed E-state index contributed by atoms with van der Waals surface area (Å²) in [6.45, 7) is 3.09. The second-order valence-corrected chi connectivity index (χ2v) is 6.19. The van der Waals surface area contributed by atoms with Gasteiger partial charge in [0.15, 0.2) is 0 Å². The van der Waals surface area contributed by atoms with Gasteiger partial charge in [-0.1, -0.05) is 25.5 Å². The molecule has 0 aliphatic carbocycles. The lowest BCUT2D eigenvalue weighted by atomic mass is 10.3. The average Bonchev–Trinajstić information content (AvgIpc) is 3.07. The Morgan fingerprint density at radius 1 is 1.19 bits per heavy atom. The molecular weight excluding hydrogens is 330 g/mol. The van der Waals surface area contributed by atoms with Gasteiger partial charge in [0, 0.05) is 25.6 Å². The standard InChI is InChI=1S/C19H23N5O2/c1-2-3-13-24-18(25)11-10-16(23-24)19(26)20-12-6-9-17-21-14-7-4-5-8-15(14)22-17/h4-5,7-8,10-11H,2-3,6,9,12-13H2,1H3,(H,20,26)(H,21,22). The van der Waals surface area contributed by atoms with E-state index in [1.165, 1.54) is 16.8 Å². The second kappa shape index (κ2) is 8.42. The Hall–Kier alpha value is -2.96. The maximum absolute atomic E-state index is 12.2. The summed E-state index contributed by atoms with van der Waals surface area (Å²) < 4.78 is 1.35. The van der Waals surface area contributed by atoms with E-state index in [9.17, 15) is 9.59 Å². The van der Waals surface area contributed by atoms with Crippen molar-refractivity contribution in [1.29, 1.82) is 0 Å². The number of H-pyrrole nitrogens is 1. The Kier molecular flexibility index (Phi) is 5.78. The van der Waals surface area contributed by atoms with Crippen molar-refractivity contribution >= 4 is 16.9 Å². The minimum Gasteiger partial charge on any atom is -0.351 e. The van der Waals surface area contributed by atoms with Crippen LogP contribution < -0.4 is 10.9 Å². The first-order valence-corrected chi connectivity index (χ1v) is 8.97. The fraction of sp³-hybridized carbons (Fsp3) is 0.368. The highest BCUT2D eigenvalue weighted by Gasteiger charge is 2.09. The van der Waals surface area contributed by atoms with Crippen molar-refractivity contribution < 1.29 is 4.79 Å². The normalized spacial score (nSPS) is 11.0. The van der Waals surface area contributed by atoms with Crippen LogP contribution in [0, 0.1) is 0 Å². The molecule has 0 fully saturated rings. The van der Waals surface area contributed by atoms with Crippen molar-refractivity contribution in [2.75, 3.05) is 6.54 Å². The molecular formula is C19H23N5O2. The fourth-order valence-corrected chi connectivity index (χ4v) is 2.71. The first kappa shape index (κ1) is 17.8. The van der Waals surface area contributed by atoms with Crippen LogP contribution in [0.4, 0.5) is 0 Å². The number of para-hydroxylation sites is 2. The van der Waals surface area contributed by atoms with Gasteiger partial charge in [0.25, 0.3) is 11.5 Å². The highest BCUT2D eigenvalue weighted by atomic mass is 16.2. The van der Waals surface area contributed by atoms with E-state index >= 15 is 0 Å². The number of aryl methyl sites for hydroxylation is 2. The van der Waals surface area contributed by atoms with Gasteiger partial charge in [-0.3, -0.25) is 9.59 Å². The van der Waals surface area contributed by atoms with Crippen LogP contribution in [0.3, 0.4) is 0 Å². The molecule has 0 spiro atoms. The minimum absolute atomic E-state index is 0.181. The number of nitrogens with one attached hydrogen (secondary N) is 2. The van der Waals surface area contributed by atoms with Crippen LogP contribution in [-0.2, 0) is 13.0 Å². The summed E-state index contributed by atoms with van der Waals surface area (Å²) >= 11 is 0. The number of benzene rings is 1. The van der Waals surface area contributed by atoms with E-state index < -0.39 is 0 Å². The van der Waals surface area contributed by atoms with Crippen LogP contribution in [-0.4, -0.2) is 32.2 Å². The summed E-state index contributed by atoms with van der Waals surface area (Å²) in [7, 11) is 0. The zero-order valence-electron chi connectivity index (χ0n) is 14.9. The van der Waals surface area contributed by atoms with E-state index in [-0.39, 0.29) is 17.2 Å². The molecule has 1 amide bonds. The number of imidazole rings is 1. The van der Waals surface area contributed by atoms with E-state index in [1.807, 2.05) is 31.2 Å². The Balaban J connectivity index is 1.51. The Morgan fingerprint density at radius 2 is 2.04 bits per heavy atom. The highest BCUT2D eigenvalue weighted by molar-refractivity contribution is 5.91. The fourth-order valence-electron chi connectivity index (χ4n) is 2.71. The molecule has 1 aromatic carbocycles. The lowest BCUT2D eigenvalue weighted by Gasteiger charge is -2.07. The lowest BCUT2D eigenvalue weighted by molar-refractivity contribution is 0.0945. The van der Waals surface area contributed by atoms with Crippen LogP contribution in [0.15, 0.2) is 41.2 Å². The molecule has 136 valence electrons. The molecule has 0 unspecified atom stereocenters. The number of amides is 1. The zero-order valence-corrected chi connectivity index (χ0v) is 14.9. The molecule has 7 heteroatoms. The maximum Gasteiger partial charge on any atom is 0.271 e. The van der Waals surface area contributed by atoms with E-state index in [0.717, 1.165) is 42.5 Å². The van der Waals surface area contributed by atoms with Gasteiger partial charge in [-0.15, -0.1) is 0 Å². The van der Waals surface area contributed by atoms with Gasteiger partial charge < -0.3 is 10.3 Å². The van der Waals surface area contributed by atoms with Gasteiger partial charge in [-0.25, -0.2) is 9.67 Å². The van der Waals surface area contributed by atoms with Gasteiger partial charge in [0.1, 0.15) is 11.5 Å². The van der Waals surface area contributed by atoms with Crippen LogP contribution in [0.25, 0.3) is 11.0 Å². The van der Waals surface area contributed by atoms with Gasteiger partial charge >= 0.3 is 0 Å². The number of fused-ring (bicyclic) bond motifs is 1. The largest absolute Gasteiger partial charge is 0.351 e. The Morgan fingerprint density at radius 3 is 2.85 bits per heavy atom. The quantitative estimate of drug-likeness (QED) is 0.608. The molecule has 0 saturated carbocycles. The Labute approximate surface area is 151 Å². The lowest BCUT2D eigenvalue weighted by Crippen LogP contribution is -2.30. The van der Waals surface area contributed by atoms with Crippen molar-refractivity contribution in [1.82, 2.24) is 25.1 Å². The van der Waals surface area contributed by atoms with Crippen LogP contribution in [0.5, 0.6) is 0 Å². The monoisotopic (exact) mass is 353 g/mol. The number of aromatic nitrogens is 4. The molecule has 7 nitrogen and oxygen atoms in total. The number of nitrogens with zero attached hydrogens (tertiary/aromatic N) is 3. The third kappa shape index (κ3) is 4.36. The molecule has 3 rings (SSSR count). The number of hydrogen-bond donors (Lipinski definition) is 2. The molecule has 0 bridgehead atoms. The van der Waals surface area contributed by atoms with E-state index in [2.05, 4.69) is 20.4 Å². The SMILES string of the molecule is CCCCn1nc(C(=O)NCCCc2nc3ccccc3[nH]2)ccc1=O. The third-order valence-corrected chi connectivity index (χ3v) is 4.14. The number of aromatic amines is 1. The minimum atomic E-state index is -0.264. The first-order valence-electron chi connectivity index (χ1n) is 8.97. The van der Waals surface area contributed by atoms with Crippen molar-refractivity contribution in [2.45, 2.75) is 39.2 Å². The zero-order chi connectivity index (χ0) is 18.4. The molecule has 0 aliphatic heterocycles.